The lowest BCUT2D eigenvalue weighted by Crippen LogP contribution is -2.30. The zero-order chi connectivity index (χ0) is 19.7. The molecule has 1 aliphatic rings. The average molecular weight is 397 g/mol. The highest BCUT2D eigenvalue weighted by Gasteiger charge is 2.33. The van der Waals surface area contributed by atoms with Gasteiger partial charge in [-0.25, -0.2) is 9.18 Å². The van der Waals surface area contributed by atoms with Crippen LogP contribution < -0.4 is 5.32 Å². The van der Waals surface area contributed by atoms with Crippen molar-refractivity contribution in [3.05, 3.63) is 88.5 Å². The van der Waals surface area contributed by atoms with E-state index < -0.39 is 11.9 Å². The summed E-state index contributed by atoms with van der Waals surface area (Å²) in [4.78, 5) is 25.8. The summed E-state index contributed by atoms with van der Waals surface area (Å²) in [5.74, 6) is 0.00549. The van der Waals surface area contributed by atoms with Gasteiger partial charge in [0.1, 0.15) is 23.0 Å². The minimum Gasteiger partial charge on any atom is -0.457 e. The fourth-order valence-corrected chi connectivity index (χ4v) is 2.98. The summed E-state index contributed by atoms with van der Waals surface area (Å²) >= 11 is 5.85. The molecule has 2 heterocycles. The first-order valence-corrected chi connectivity index (χ1v) is 8.82. The summed E-state index contributed by atoms with van der Waals surface area (Å²) in [6.45, 7) is 0.131. The number of urea groups is 1. The van der Waals surface area contributed by atoms with E-state index in [4.69, 9.17) is 16.0 Å². The molecule has 140 valence electrons. The predicted octanol–water partition coefficient (Wildman–Crippen LogP) is 4.83. The van der Waals surface area contributed by atoms with Crippen LogP contribution in [0.1, 0.15) is 11.3 Å². The first-order chi connectivity index (χ1) is 13.5. The van der Waals surface area contributed by atoms with Crippen LogP contribution in [0.5, 0.6) is 0 Å². The maximum Gasteiger partial charge on any atom is 0.329 e. The van der Waals surface area contributed by atoms with Crippen LogP contribution in [-0.4, -0.2) is 16.8 Å². The van der Waals surface area contributed by atoms with Gasteiger partial charge < -0.3 is 9.73 Å². The molecule has 0 radical (unpaired) electrons. The van der Waals surface area contributed by atoms with Crippen molar-refractivity contribution in [3.63, 3.8) is 0 Å². The average Bonchev–Trinajstić information content (AvgIpc) is 3.24. The van der Waals surface area contributed by atoms with Crippen LogP contribution in [0.4, 0.5) is 9.18 Å². The van der Waals surface area contributed by atoms with Gasteiger partial charge in [-0.05, 0) is 42.0 Å². The zero-order valence-electron chi connectivity index (χ0n) is 14.5. The number of nitrogens with one attached hydrogen (secondary N) is 1. The van der Waals surface area contributed by atoms with E-state index in [1.807, 2.05) is 0 Å². The van der Waals surface area contributed by atoms with Gasteiger partial charge in [-0.3, -0.25) is 9.69 Å². The second-order valence-corrected chi connectivity index (χ2v) is 6.65. The van der Waals surface area contributed by atoms with Gasteiger partial charge >= 0.3 is 6.03 Å². The summed E-state index contributed by atoms with van der Waals surface area (Å²) in [7, 11) is 0. The third-order valence-electron chi connectivity index (χ3n) is 4.24. The topological polar surface area (TPSA) is 62.6 Å². The Bertz CT molecular complexity index is 1090. The third-order valence-corrected chi connectivity index (χ3v) is 4.49. The Morgan fingerprint density at radius 1 is 1.07 bits per heavy atom. The van der Waals surface area contributed by atoms with Crippen LogP contribution in [0.3, 0.4) is 0 Å². The molecule has 1 aliphatic heterocycles. The summed E-state index contributed by atoms with van der Waals surface area (Å²) in [5.41, 5.74) is 1.47. The molecule has 1 aromatic heterocycles. The minimum absolute atomic E-state index is 0.110. The van der Waals surface area contributed by atoms with Crippen LogP contribution in [-0.2, 0) is 11.3 Å². The lowest BCUT2D eigenvalue weighted by atomic mass is 10.2. The lowest BCUT2D eigenvalue weighted by Gasteiger charge is -2.11. The van der Waals surface area contributed by atoms with Crippen molar-refractivity contribution in [1.82, 2.24) is 10.2 Å². The molecule has 4 rings (SSSR count). The number of hydrogen-bond donors (Lipinski definition) is 1. The maximum atomic E-state index is 13.4. The summed E-state index contributed by atoms with van der Waals surface area (Å²) < 4.78 is 19.0. The van der Waals surface area contributed by atoms with Gasteiger partial charge in [0.2, 0.25) is 0 Å². The maximum absolute atomic E-state index is 13.4. The second kappa shape index (κ2) is 7.32. The van der Waals surface area contributed by atoms with Gasteiger partial charge in [-0.1, -0.05) is 35.9 Å². The molecular weight excluding hydrogens is 383 g/mol. The van der Waals surface area contributed by atoms with Crippen LogP contribution in [0.2, 0.25) is 5.02 Å². The van der Waals surface area contributed by atoms with Crippen LogP contribution in [0.25, 0.3) is 17.4 Å². The van der Waals surface area contributed by atoms with E-state index in [1.165, 1.54) is 18.2 Å². The number of carbonyl (C=O) groups is 2. The number of hydrogen-bond acceptors (Lipinski definition) is 3. The van der Waals surface area contributed by atoms with Crippen molar-refractivity contribution >= 4 is 29.6 Å². The van der Waals surface area contributed by atoms with Crippen molar-refractivity contribution in [2.75, 3.05) is 0 Å². The number of halogens is 2. The molecule has 28 heavy (non-hydrogen) atoms. The Morgan fingerprint density at radius 2 is 1.86 bits per heavy atom. The Hall–Kier alpha value is -3.38. The van der Waals surface area contributed by atoms with E-state index in [2.05, 4.69) is 5.32 Å². The molecule has 5 nitrogen and oxygen atoms in total. The van der Waals surface area contributed by atoms with Crippen LogP contribution >= 0.6 is 11.6 Å². The molecule has 0 saturated carbocycles. The number of amides is 3. The van der Waals surface area contributed by atoms with Crippen molar-refractivity contribution < 1.29 is 18.4 Å². The van der Waals surface area contributed by atoms with Gasteiger partial charge in [-0.2, -0.15) is 0 Å². The second-order valence-electron chi connectivity index (χ2n) is 6.22. The quantitative estimate of drug-likeness (QED) is 0.507. The number of carbonyl (C=O) groups excluding carboxylic acids is 2. The highest BCUT2D eigenvalue weighted by atomic mass is 35.5. The fourth-order valence-electron chi connectivity index (χ4n) is 2.86. The molecule has 0 spiro atoms. The Balaban J connectivity index is 1.53. The monoisotopic (exact) mass is 396 g/mol. The standard InChI is InChI=1S/C21H14ClFN2O3/c22-15-6-4-13(5-7-15)12-25-20(26)18(24-21(25)27)11-17-8-9-19(28-17)14-2-1-3-16(23)10-14/h1-11H,12H2,(H,24,27)/b18-11+. The Kier molecular flexibility index (Phi) is 4.71. The molecule has 0 atom stereocenters. The number of benzene rings is 2. The summed E-state index contributed by atoms with van der Waals surface area (Å²) in [5, 5.41) is 3.12. The summed E-state index contributed by atoms with van der Waals surface area (Å²) in [6, 6.07) is 15.7. The van der Waals surface area contributed by atoms with Gasteiger partial charge in [-0.15, -0.1) is 0 Å². The Morgan fingerprint density at radius 3 is 2.61 bits per heavy atom. The zero-order valence-corrected chi connectivity index (χ0v) is 15.2. The number of imide groups is 1. The van der Waals surface area contributed by atoms with E-state index in [-0.39, 0.29) is 18.1 Å². The van der Waals surface area contributed by atoms with Crippen LogP contribution in [0.15, 0.2) is 70.8 Å². The van der Waals surface area contributed by atoms with Crippen molar-refractivity contribution in [1.29, 1.82) is 0 Å². The first-order valence-electron chi connectivity index (χ1n) is 8.44. The number of nitrogens with zero attached hydrogens (tertiary/aromatic N) is 1. The summed E-state index contributed by atoms with van der Waals surface area (Å²) in [6.07, 6.45) is 1.45. The SMILES string of the molecule is O=C1N/C(=C/c2ccc(-c3cccc(F)c3)o2)C(=O)N1Cc1ccc(Cl)cc1. The Labute approximate surface area is 165 Å². The van der Waals surface area contributed by atoms with Gasteiger partial charge in [0.15, 0.2) is 0 Å². The minimum atomic E-state index is -0.511. The lowest BCUT2D eigenvalue weighted by molar-refractivity contribution is -0.123. The van der Waals surface area contributed by atoms with E-state index in [1.54, 1.807) is 48.5 Å². The molecular formula is C21H14ClFN2O3. The largest absolute Gasteiger partial charge is 0.457 e. The molecule has 0 aliphatic carbocycles. The molecule has 1 fully saturated rings. The highest BCUT2D eigenvalue weighted by Crippen LogP contribution is 2.25. The molecule has 0 bridgehead atoms. The predicted molar refractivity (Wildman–Crippen MR) is 103 cm³/mol. The van der Waals surface area contributed by atoms with Crippen molar-refractivity contribution in [3.8, 4) is 11.3 Å². The molecule has 1 saturated heterocycles. The molecule has 7 heteroatoms. The van der Waals surface area contributed by atoms with E-state index in [9.17, 15) is 14.0 Å². The normalized spacial score (nSPS) is 15.4. The molecule has 1 N–H and O–H groups in total. The molecule has 0 unspecified atom stereocenters. The van der Waals surface area contributed by atoms with Crippen LogP contribution in [0, 0.1) is 5.82 Å². The molecule has 3 aromatic rings. The number of rotatable bonds is 4. The van der Waals surface area contributed by atoms with Gasteiger partial charge in [0, 0.05) is 16.7 Å². The van der Waals surface area contributed by atoms with Gasteiger partial charge in [0.25, 0.3) is 5.91 Å². The number of furan rings is 1. The highest BCUT2D eigenvalue weighted by molar-refractivity contribution is 6.30. The molecule has 3 amide bonds. The first kappa shape index (κ1) is 18.0. The fraction of sp³-hybridized carbons (Fsp3) is 0.0476. The molecule has 2 aromatic carbocycles. The van der Waals surface area contributed by atoms with E-state index >= 15 is 0 Å². The van der Waals surface area contributed by atoms with E-state index in [0.717, 1.165) is 10.5 Å². The van der Waals surface area contributed by atoms with Crippen molar-refractivity contribution in [2.45, 2.75) is 6.54 Å². The van der Waals surface area contributed by atoms with E-state index in [0.29, 0.717) is 22.1 Å². The smallest absolute Gasteiger partial charge is 0.329 e. The van der Waals surface area contributed by atoms with Crippen molar-refractivity contribution in [2.24, 2.45) is 0 Å². The van der Waals surface area contributed by atoms with Gasteiger partial charge in [0.05, 0.1) is 6.54 Å². The third kappa shape index (κ3) is 3.68.